The van der Waals surface area contributed by atoms with Crippen LogP contribution in [0.25, 0.3) is 6.08 Å². The van der Waals surface area contributed by atoms with E-state index in [1.807, 2.05) is 39.0 Å². The maximum absolute atomic E-state index is 13.1. The molecular formula is C21H21ClFNO3. The van der Waals surface area contributed by atoms with Crippen molar-refractivity contribution in [1.82, 2.24) is 0 Å². The van der Waals surface area contributed by atoms with Crippen LogP contribution >= 0.6 is 11.6 Å². The van der Waals surface area contributed by atoms with E-state index < -0.39 is 24.3 Å². The number of benzene rings is 2. The molecule has 0 saturated carbocycles. The number of nitrogens with one attached hydrogen (secondary N) is 1. The van der Waals surface area contributed by atoms with Crippen LogP contribution in [0, 0.1) is 12.7 Å². The highest BCUT2D eigenvalue weighted by Gasteiger charge is 2.13. The van der Waals surface area contributed by atoms with Crippen LogP contribution in [-0.4, -0.2) is 18.5 Å². The lowest BCUT2D eigenvalue weighted by molar-refractivity contribution is -0.142. The lowest BCUT2D eigenvalue weighted by atomic mass is 9.98. The van der Waals surface area contributed by atoms with Gasteiger partial charge in [-0.2, -0.15) is 0 Å². The Morgan fingerprint density at radius 3 is 2.67 bits per heavy atom. The Kier molecular flexibility index (Phi) is 7.13. The molecule has 2 aromatic carbocycles. The molecule has 0 aliphatic carbocycles. The zero-order valence-corrected chi connectivity index (χ0v) is 16.1. The summed E-state index contributed by atoms with van der Waals surface area (Å²) in [5.41, 5.74) is 3.24. The van der Waals surface area contributed by atoms with Gasteiger partial charge in [-0.15, -0.1) is 0 Å². The molecular weight excluding hydrogens is 369 g/mol. The first-order valence-electron chi connectivity index (χ1n) is 8.47. The molecule has 0 atom stereocenters. The van der Waals surface area contributed by atoms with Crippen molar-refractivity contribution in [3.63, 3.8) is 0 Å². The third-order valence-corrected chi connectivity index (χ3v) is 4.18. The molecule has 6 heteroatoms. The molecule has 0 spiro atoms. The van der Waals surface area contributed by atoms with Crippen LogP contribution in [0.5, 0.6) is 0 Å². The summed E-state index contributed by atoms with van der Waals surface area (Å²) >= 11 is 5.68. The molecule has 0 unspecified atom stereocenters. The molecule has 0 bridgehead atoms. The van der Waals surface area contributed by atoms with Crippen LogP contribution in [-0.2, 0) is 14.3 Å². The quantitative estimate of drug-likeness (QED) is 0.552. The predicted molar refractivity (Wildman–Crippen MR) is 105 cm³/mol. The third kappa shape index (κ3) is 5.93. The zero-order chi connectivity index (χ0) is 20.0. The Hall–Kier alpha value is -2.66. The van der Waals surface area contributed by atoms with E-state index in [9.17, 15) is 14.0 Å². The van der Waals surface area contributed by atoms with E-state index in [2.05, 4.69) is 5.32 Å². The second kappa shape index (κ2) is 9.33. The average molecular weight is 390 g/mol. The topological polar surface area (TPSA) is 55.4 Å². The summed E-state index contributed by atoms with van der Waals surface area (Å²) in [5, 5.41) is 2.77. The molecule has 0 aliphatic heterocycles. The highest BCUT2D eigenvalue weighted by Crippen LogP contribution is 2.27. The van der Waals surface area contributed by atoms with Crippen molar-refractivity contribution >= 4 is 35.2 Å². The standard InChI is InChI=1S/C21H21ClFNO3/c1-13(2)16-6-4-5-14(3)21(16)24-19(25)12-27-20(26)10-8-15-7-9-18(23)17(22)11-15/h4-11,13H,12H2,1-3H3,(H,24,25)/b10-8+. The van der Waals surface area contributed by atoms with Gasteiger partial charge in [0, 0.05) is 11.8 Å². The normalized spacial score (nSPS) is 11.0. The van der Waals surface area contributed by atoms with E-state index in [4.69, 9.17) is 16.3 Å². The summed E-state index contributed by atoms with van der Waals surface area (Å²) in [6.07, 6.45) is 2.59. The van der Waals surface area contributed by atoms with Crippen molar-refractivity contribution in [1.29, 1.82) is 0 Å². The van der Waals surface area contributed by atoms with E-state index >= 15 is 0 Å². The highest BCUT2D eigenvalue weighted by molar-refractivity contribution is 6.30. The molecule has 0 saturated heterocycles. The number of carbonyl (C=O) groups is 2. The van der Waals surface area contributed by atoms with Gasteiger partial charge in [0.05, 0.1) is 5.02 Å². The van der Waals surface area contributed by atoms with Crippen molar-refractivity contribution in [2.45, 2.75) is 26.7 Å². The fourth-order valence-corrected chi connectivity index (χ4v) is 2.67. The van der Waals surface area contributed by atoms with E-state index in [0.29, 0.717) is 5.56 Å². The summed E-state index contributed by atoms with van der Waals surface area (Å²) in [4.78, 5) is 23.9. The van der Waals surface area contributed by atoms with Gasteiger partial charge in [0.1, 0.15) is 5.82 Å². The zero-order valence-electron chi connectivity index (χ0n) is 15.4. The molecule has 0 heterocycles. The van der Waals surface area contributed by atoms with Gasteiger partial charge < -0.3 is 10.1 Å². The molecule has 0 radical (unpaired) electrons. The number of esters is 1. The lowest BCUT2D eigenvalue weighted by Gasteiger charge is -2.16. The first-order chi connectivity index (χ1) is 12.8. The molecule has 1 amide bonds. The van der Waals surface area contributed by atoms with Crippen LogP contribution in [0.3, 0.4) is 0 Å². The lowest BCUT2D eigenvalue weighted by Crippen LogP contribution is -2.21. The monoisotopic (exact) mass is 389 g/mol. The Balaban J connectivity index is 1.93. The van der Waals surface area contributed by atoms with Crippen molar-refractivity contribution in [3.8, 4) is 0 Å². The average Bonchev–Trinajstić information content (AvgIpc) is 2.62. The maximum atomic E-state index is 13.1. The fourth-order valence-electron chi connectivity index (χ4n) is 2.48. The Morgan fingerprint density at radius 2 is 2.00 bits per heavy atom. The van der Waals surface area contributed by atoms with Crippen LogP contribution in [0.4, 0.5) is 10.1 Å². The molecule has 0 fully saturated rings. The van der Waals surface area contributed by atoms with Crippen molar-refractivity contribution in [2.75, 3.05) is 11.9 Å². The molecule has 2 aromatic rings. The number of para-hydroxylation sites is 1. The Bertz CT molecular complexity index is 878. The van der Waals surface area contributed by atoms with Gasteiger partial charge in [-0.25, -0.2) is 9.18 Å². The van der Waals surface area contributed by atoms with E-state index in [0.717, 1.165) is 22.9 Å². The minimum Gasteiger partial charge on any atom is -0.452 e. The number of ether oxygens (including phenoxy) is 1. The number of carbonyl (C=O) groups excluding carboxylic acids is 2. The van der Waals surface area contributed by atoms with Crippen molar-refractivity contribution in [2.24, 2.45) is 0 Å². The van der Waals surface area contributed by atoms with Gasteiger partial charge in [-0.1, -0.05) is 49.7 Å². The fraction of sp³-hybridized carbons (Fsp3) is 0.238. The van der Waals surface area contributed by atoms with Gasteiger partial charge in [0.15, 0.2) is 6.61 Å². The second-order valence-corrected chi connectivity index (χ2v) is 6.76. The van der Waals surface area contributed by atoms with Crippen LogP contribution in [0.2, 0.25) is 5.02 Å². The summed E-state index contributed by atoms with van der Waals surface area (Å²) in [6, 6.07) is 9.87. The molecule has 4 nitrogen and oxygen atoms in total. The molecule has 1 N–H and O–H groups in total. The number of amides is 1. The SMILES string of the molecule is Cc1cccc(C(C)C)c1NC(=O)COC(=O)/C=C/c1ccc(F)c(Cl)c1. The minimum atomic E-state index is -0.681. The van der Waals surface area contributed by atoms with E-state index in [-0.39, 0.29) is 10.9 Å². The summed E-state index contributed by atoms with van der Waals surface area (Å²) in [5.74, 6) is -1.39. The van der Waals surface area contributed by atoms with Gasteiger partial charge in [0.25, 0.3) is 5.91 Å². The second-order valence-electron chi connectivity index (χ2n) is 6.36. The number of halogens is 2. The van der Waals surface area contributed by atoms with Crippen LogP contribution < -0.4 is 5.32 Å². The van der Waals surface area contributed by atoms with Crippen molar-refractivity contribution < 1.29 is 18.7 Å². The molecule has 2 rings (SSSR count). The summed E-state index contributed by atoms with van der Waals surface area (Å²) in [7, 11) is 0. The van der Waals surface area contributed by atoms with Gasteiger partial charge in [0.2, 0.25) is 0 Å². The van der Waals surface area contributed by atoms with Crippen LogP contribution in [0.1, 0.15) is 36.5 Å². The van der Waals surface area contributed by atoms with Gasteiger partial charge in [-0.3, -0.25) is 4.79 Å². The number of hydrogen-bond donors (Lipinski definition) is 1. The number of rotatable bonds is 6. The molecule has 0 aromatic heterocycles. The van der Waals surface area contributed by atoms with E-state index in [1.54, 1.807) is 0 Å². The summed E-state index contributed by atoms with van der Waals surface area (Å²) < 4.78 is 18.0. The molecule has 27 heavy (non-hydrogen) atoms. The summed E-state index contributed by atoms with van der Waals surface area (Å²) in [6.45, 7) is 5.58. The van der Waals surface area contributed by atoms with Gasteiger partial charge in [-0.05, 0) is 47.7 Å². The molecule has 142 valence electrons. The van der Waals surface area contributed by atoms with Gasteiger partial charge >= 0.3 is 5.97 Å². The smallest absolute Gasteiger partial charge is 0.331 e. The largest absolute Gasteiger partial charge is 0.452 e. The van der Waals surface area contributed by atoms with Crippen molar-refractivity contribution in [3.05, 3.63) is 70.0 Å². The third-order valence-electron chi connectivity index (χ3n) is 3.89. The highest BCUT2D eigenvalue weighted by atomic mass is 35.5. The Morgan fingerprint density at radius 1 is 1.26 bits per heavy atom. The number of hydrogen-bond acceptors (Lipinski definition) is 3. The van der Waals surface area contributed by atoms with E-state index in [1.165, 1.54) is 24.3 Å². The molecule has 0 aliphatic rings. The maximum Gasteiger partial charge on any atom is 0.331 e. The van der Waals surface area contributed by atoms with Crippen LogP contribution in [0.15, 0.2) is 42.5 Å². The first kappa shape index (κ1) is 20.6. The predicted octanol–water partition coefficient (Wildman–Crippen LogP) is 5.11. The minimum absolute atomic E-state index is 0.0379. The first-order valence-corrected chi connectivity index (χ1v) is 8.85. The Labute approximate surface area is 163 Å². The number of anilines is 1. The number of aryl methyl sites for hydroxylation is 1.